The second-order valence-corrected chi connectivity index (χ2v) is 6.11. The molecular formula is C18H24N2O2. The van der Waals surface area contributed by atoms with Crippen molar-refractivity contribution in [3.63, 3.8) is 0 Å². The molecule has 1 unspecified atom stereocenters. The number of nitrogens with zero attached hydrogens (tertiary/aromatic N) is 1. The molecule has 118 valence electrons. The summed E-state index contributed by atoms with van der Waals surface area (Å²) in [4.78, 5) is 24.5. The van der Waals surface area contributed by atoms with Gasteiger partial charge in [0, 0.05) is 17.5 Å². The van der Waals surface area contributed by atoms with Crippen molar-refractivity contribution in [2.75, 3.05) is 0 Å². The minimum absolute atomic E-state index is 0.0594. The van der Waals surface area contributed by atoms with E-state index in [9.17, 15) is 9.59 Å². The van der Waals surface area contributed by atoms with Crippen LogP contribution in [-0.4, -0.2) is 16.5 Å². The molecule has 22 heavy (non-hydrogen) atoms. The Balaban J connectivity index is 2.54. The predicted octanol–water partition coefficient (Wildman–Crippen LogP) is 2.84. The molecule has 4 heteroatoms. The number of benzene rings is 1. The third-order valence-corrected chi connectivity index (χ3v) is 4.07. The van der Waals surface area contributed by atoms with Crippen molar-refractivity contribution in [2.24, 2.45) is 0 Å². The molecule has 0 saturated heterocycles. The van der Waals surface area contributed by atoms with Gasteiger partial charge in [0.05, 0.1) is 5.52 Å². The van der Waals surface area contributed by atoms with Gasteiger partial charge in [-0.25, -0.2) is 0 Å². The van der Waals surface area contributed by atoms with Crippen molar-refractivity contribution in [1.82, 2.24) is 9.88 Å². The lowest BCUT2D eigenvalue weighted by molar-refractivity contribution is -0.122. The molecule has 2 rings (SSSR count). The highest BCUT2D eigenvalue weighted by Gasteiger charge is 2.13. The normalized spacial score (nSPS) is 12.4. The average Bonchev–Trinajstić information content (AvgIpc) is 2.43. The molecule has 1 heterocycles. The lowest BCUT2D eigenvalue weighted by Gasteiger charge is -2.16. The van der Waals surface area contributed by atoms with Crippen LogP contribution in [-0.2, 0) is 11.3 Å². The molecule has 2 aromatic rings. The minimum Gasteiger partial charge on any atom is -0.352 e. The van der Waals surface area contributed by atoms with Gasteiger partial charge in [0.25, 0.3) is 5.56 Å². The summed E-state index contributed by atoms with van der Waals surface area (Å²) in [6.07, 6.45) is 0.869. The van der Waals surface area contributed by atoms with Crippen LogP contribution in [0.4, 0.5) is 0 Å². The van der Waals surface area contributed by atoms with E-state index in [0.717, 1.165) is 34.0 Å². The zero-order valence-electron chi connectivity index (χ0n) is 14.0. The Kier molecular flexibility index (Phi) is 4.69. The van der Waals surface area contributed by atoms with E-state index in [1.54, 1.807) is 10.6 Å². The fourth-order valence-corrected chi connectivity index (χ4v) is 2.79. The minimum atomic E-state index is -0.128. The van der Waals surface area contributed by atoms with Crippen molar-refractivity contribution < 1.29 is 4.79 Å². The third-order valence-electron chi connectivity index (χ3n) is 4.07. The molecule has 0 spiro atoms. The summed E-state index contributed by atoms with van der Waals surface area (Å²) < 4.78 is 1.58. The lowest BCUT2D eigenvalue weighted by Crippen LogP contribution is -2.37. The molecule has 0 aliphatic rings. The standard InChI is InChI=1S/C18H24N2O2/c1-6-14(5)19-16(21)10-20-17(22)9-12(3)15-8-11(2)7-13(4)18(15)20/h7-9,14H,6,10H2,1-5H3,(H,19,21). The fraction of sp³-hybridized carbons (Fsp3) is 0.444. The molecule has 1 aromatic carbocycles. The Morgan fingerprint density at radius 1 is 1.18 bits per heavy atom. The maximum Gasteiger partial charge on any atom is 0.251 e. The highest BCUT2D eigenvalue weighted by atomic mass is 16.2. The van der Waals surface area contributed by atoms with Crippen molar-refractivity contribution >= 4 is 16.8 Å². The van der Waals surface area contributed by atoms with E-state index in [1.165, 1.54) is 0 Å². The monoisotopic (exact) mass is 300 g/mol. The summed E-state index contributed by atoms with van der Waals surface area (Å²) in [7, 11) is 0. The van der Waals surface area contributed by atoms with Gasteiger partial charge >= 0.3 is 0 Å². The summed E-state index contributed by atoms with van der Waals surface area (Å²) in [6.45, 7) is 10.00. The quantitative estimate of drug-likeness (QED) is 0.944. The molecule has 0 aliphatic heterocycles. The number of hydrogen-bond acceptors (Lipinski definition) is 2. The van der Waals surface area contributed by atoms with Gasteiger partial charge in [-0.1, -0.05) is 18.6 Å². The van der Waals surface area contributed by atoms with Crippen molar-refractivity contribution in [3.05, 3.63) is 45.2 Å². The van der Waals surface area contributed by atoms with Crippen LogP contribution in [0.15, 0.2) is 23.0 Å². The van der Waals surface area contributed by atoms with Crippen molar-refractivity contribution in [2.45, 2.75) is 53.6 Å². The first-order valence-electron chi connectivity index (χ1n) is 7.74. The van der Waals surface area contributed by atoms with Gasteiger partial charge in [0.15, 0.2) is 0 Å². The lowest BCUT2D eigenvalue weighted by atomic mass is 10.0. The predicted molar refractivity (Wildman–Crippen MR) is 90.3 cm³/mol. The van der Waals surface area contributed by atoms with Crippen molar-refractivity contribution in [3.8, 4) is 0 Å². The first-order chi connectivity index (χ1) is 10.3. The van der Waals surface area contributed by atoms with Crippen LogP contribution in [0.5, 0.6) is 0 Å². The van der Waals surface area contributed by atoms with Gasteiger partial charge < -0.3 is 5.32 Å². The number of carbonyl (C=O) groups is 1. The molecule has 0 bridgehead atoms. The second kappa shape index (κ2) is 6.34. The van der Waals surface area contributed by atoms with Gasteiger partial charge in [-0.3, -0.25) is 14.2 Å². The van der Waals surface area contributed by atoms with Gasteiger partial charge in [0.2, 0.25) is 5.91 Å². The van der Waals surface area contributed by atoms with Gasteiger partial charge in [0.1, 0.15) is 6.54 Å². The number of aryl methyl sites for hydroxylation is 3. The van der Waals surface area contributed by atoms with Crippen molar-refractivity contribution in [1.29, 1.82) is 0 Å². The number of rotatable bonds is 4. The Hall–Kier alpha value is -2.10. The Morgan fingerprint density at radius 3 is 2.50 bits per heavy atom. The number of aromatic nitrogens is 1. The molecule has 0 radical (unpaired) electrons. The number of nitrogens with one attached hydrogen (secondary N) is 1. The highest BCUT2D eigenvalue weighted by molar-refractivity contribution is 5.87. The summed E-state index contributed by atoms with van der Waals surface area (Å²) >= 11 is 0. The van der Waals surface area contributed by atoms with Gasteiger partial charge in [-0.05, 0) is 51.3 Å². The first-order valence-corrected chi connectivity index (χ1v) is 7.74. The van der Waals surface area contributed by atoms with E-state index < -0.39 is 0 Å². The Bertz CT molecular complexity index is 775. The van der Waals surface area contributed by atoms with E-state index in [1.807, 2.05) is 40.7 Å². The maximum absolute atomic E-state index is 12.4. The number of hydrogen-bond donors (Lipinski definition) is 1. The molecule has 0 fully saturated rings. The fourth-order valence-electron chi connectivity index (χ4n) is 2.79. The van der Waals surface area contributed by atoms with Crippen LogP contribution >= 0.6 is 0 Å². The summed E-state index contributed by atoms with van der Waals surface area (Å²) in [5.74, 6) is -0.124. The van der Waals surface area contributed by atoms with Crippen LogP contribution in [0, 0.1) is 20.8 Å². The summed E-state index contributed by atoms with van der Waals surface area (Å²) in [6, 6.07) is 5.84. The highest BCUT2D eigenvalue weighted by Crippen LogP contribution is 2.22. The molecule has 1 atom stereocenters. The van der Waals surface area contributed by atoms with E-state index >= 15 is 0 Å². The Labute approximate surface area is 131 Å². The van der Waals surface area contributed by atoms with Crippen LogP contribution in [0.3, 0.4) is 0 Å². The number of pyridine rings is 1. The average molecular weight is 300 g/mol. The topological polar surface area (TPSA) is 51.1 Å². The van der Waals surface area contributed by atoms with Gasteiger partial charge in [-0.2, -0.15) is 0 Å². The third kappa shape index (κ3) is 3.21. The van der Waals surface area contributed by atoms with Crippen LogP contribution in [0.2, 0.25) is 0 Å². The number of amides is 1. The first kappa shape index (κ1) is 16.3. The second-order valence-electron chi connectivity index (χ2n) is 6.11. The summed E-state index contributed by atoms with van der Waals surface area (Å²) in [5, 5.41) is 3.95. The number of fused-ring (bicyclic) bond motifs is 1. The van der Waals surface area contributed by atoms with E-state index in [0.29, 0.717) is 0 Å². The zero-order valence-corrected chi connectivity index (χ0v) is 14.0. The Morgan fingerprint density at radius 2 is 1.86 bits per heavy atom. The van der Waals surface area contributed by atoms with E-state index in [2.05, 4.69) is 11.4 Å². The van der Waals surface area contributed by atoms with Crippen LogP contribution < -0.4 is 10.9 Å². The molecule has 0 saturated carbocycles. The molecule has 1 aromatic heterocycles. The van der Waals surface area contributed by atoms with Gasteiger partial charge in [-0.15, -0.1) is 0 Å². The SMILES string of the molecule is CCC(C)NC(=O)Cn1c(=O)cc(C)c2cc(C)cc(C)c21. The zero-order chi connectivity index (χ0) is 16.4. The number of carbonyl (C=O) groups excluding carboxylic acids is 1. The molecule has 1 N–H and O–H groups in total. The largest absolute Gasteiger partial charge is 0.352 e. The molecular weight excluding hydrogens is 276 g/mol. The summed E-state index contributed by atoms with van der Waals surface area (Å²) in [5.41, 5.74) is 3.85. The molecule has 1 amide bonds. The van der Waals surface area contributed by atoms with E-state index in [-0.39, 0.29) is 24.1 Å². The van der Waals surface area contributed by atoms with E-state index in [4.69, 9.17) is 0 Å². The maximum atomic E-state index is 12.4. The molecule has 4 nitrogen and oxygen atoms in total. The van der Waals surface area contributed by atoms with Crippen LogP contribution in [0.1, 0.15) is 37.0 Å². The van der Waals surface area contributed by atoms with Crippen LogP contribution in [0.25, 0.3) is 10.9 Å². The molecule has 0 aliphatic carbocycles. The smallest absolute Gasteiger partial charge is 0.251 e.